The van der Waals surface area contributed by atoms with Gasteiger partial charge in [-0.15, -0.1) is 0 Å². The van der Waals surface area contributed by atoms with Gasteiger partial charge >= 0.3 is 0 Å². The summed E-state index contributed by atoms with van der Waals surface area (Å²) in [5.41, 5.74) is -0.441. The van der Waals surface area contributed by atoms with Crippen molar-refractivity contribution in [1.82, 2.24) is 0 Å². The van der Waals surface area contributed by atoms with Crippen LogP contribution in [0.25, 0.3) is 0 Å². The van der Waals surface area contributed by atoms with E-state index < -0.39 is 41.3 Å². The first-order valence-corrected chi connectivity index (χ1v) is 2.64. The van der Waals surface area contributed by atoms with Crippen molar-refractivity contribution in [3.63, 3.8) is 0 Å². The van der Waals surface area contributed by atoms with E-state index in [0.717, 1.165) is 6.92 Å². The second-order valence-electron chi connectivity index (χ2n) is 1.75. The van der Waals surface area contributed by atoms with Gasteiger partial charge in [-0.05, 0) is 19.0 Å². The number of hydrogen-bond donors (Lipinski definition) is 0. The van der Waals surface area contributed by atoms with Crippen LogP contribution in [0.3, 0.4) is 0 Å². The standard InChI is InChI=1S/C8H7FO/c1-6(10)7-3-2-4-8(9)5-7/h2-5H,1H3/i2D,3D,4D,5D. The van der Waals surface area contributed by atoms with E-state index in [2.05, 4.69) is 0 Å². The van der Waals surface area contributed by atoms with Gasteiger partial charge in [0.25, 0.3) is 0 Å². The number of halogens is 1. The van der Waals surface area contributed by atoms with Gasteiger partial charge in [0.15, 0.2) is 5.78 Å². The maximum Gasteiger partial charge on any atom is 0.159 e. The van der Waals surface area contributed by atoms with Crippen molar-refractivity contribution in [1.29, 1.82) is 0 Å². The molecule has 52 valence electrons. The first-order chi connectivity index (χ1) is 6.37. The van der Waals surface area contributed by atoms with Gasteiger partial charge in [0, 0.05) is 5.56 Å². The van der Waals surface area contributed by atoms with Crippen LogP contribution in [-0.2, 0) is 0 Å². The summed E-state index contributed by atoms with van der Waals surface area (Å²) in [7, 11) is 0. The molecule has 0 saturated carbocycles. The van der Waals surface area contributed by atoms with E-state index in [1.807, 2.05) is 0 Å². The molecule has 0 aromatic heterocycles. The normalized spacial score (nSPS) is 15.0. The number of hydrogen-bond acceptors (Lipinski definition) is 1. The molecule has 1 nitrogen and oxygen atoms in total. The second kappa shape index (κ2) is 2.60. The minimum absolute atomic E-state index is 0.441. The zero-order chi connectivity index (χ0) is 11.0. The van der Waals surface area contributed by atoms with Gasteiger partial charge in [-0.3, -0.25) is 4.79 Å². The molecule has 1 aromatic rings. The molecule has 2 heteroatoms. The third kappa shape index (κ3) is 1.41. The molecule has 0 spiro atoms. The summed E-state index contributed by atoms with van der Waals surface area (Å²) in [6.45, 7) is 1.09. The predicted octanol–water partition coefficient (Wildman–Crippen LogP) is 2.03. The van der Waals surface area contributed by atoms with E-state index in [1.165, 1.54) is 0 Å². The van der Waals surface area contributed by atoms with Gasteiger partial charge < -0.3 is 0 Å². The third-order valence-electron chi connectivity index (χ3n) is 0.947. The maximum atomic E-state index is 13.1. The lowest BCUT2D eigenvalue weighted by Crippen LogP contribution is -1.91. The predicted molar refractivity (Wildman–Crippen MR) is 36.4 cm³/mol. The zero-order valence-corrected chi connectivity index (χ0v) is 5.29. The van der Waals surface area contributed by atoms with Crippen molar-refractivity contribution >= 4 is 5.78 Å². The number of ketones is 1. The third-order valence-corrected chi connectivity index (χ3v) is 0.947. The van der Waals surface area contributed by atoms with Crippen molar-refractivity contribution in [3.05, 3.63) is 35.6 Å². The van der Waals surface area contributed by atoms with E-state index in [4.69, 9.17) is 5.48 Å². The number of carbonyl (C=O) groups excluding carboxylic acids is 1. The number of benzene rings is 1. The Bertz CT molecular complexity index is 387. The minimum Gasteiger partial charge on any atom is -0.295 e. The molecule has 0 bridgehead atoms. The quantitative estimate of drug-likeness (QED) is 0.548. The Kier molecular flexibility index (Phi) is 0.854. The molecule has 0 unspecified atom stereocenters. The first-order valence-electron chi connectivity index (χ1n) is 4.64. The topological polar surface area (TPSA) is 17.1 Å². The van der Waals surface area contributed by atoms with Crippen LogP contribution in [-0.4, -0.2) is 5.78 Å². The summed E-state index contributed by atoms with van der Waals surface area (Å²) in [6.07, 6.45) is 0. The molecule has 1 aromatic carbocycles. The van der Waals surface area contributed by atoms with Gasteiger partial charge in [0.05, 0.1) is 5.48 Å². The van der Waals surface area contributed by atoms with Gasteiger partial charge in [0.1, 0.15) is 5.82 Å². The molecule has 10 heavy (non-hydrogen) atoms. The van der Waals surface area contributed by atoms with Gasteiger partial charge in [-0.2, -0.15) is 0 Å². The Balaban J connectivity index is 3.68. The molecule has 1 rings (SSSR count). The Morgan fingerprint density at radius 2 is 2.40 bits per heavy atom. The van der Waals surface area contributed by atoms with Gasteiger partial charge in [-0.1, -0.05) is 12.1 Å². The SMILES string of the molecule is [2H]c1c([2H])c(F)c([2H])c(C(C)=O)c1[2H]. The van der Waals surface area contributed by atoms with E-state index in [0.29, 0.717) is 0 Å². The molecule has 0 fully saturated rings. The molecule has 0 amide bonds. The van der Waals surface area contributed by atoms with Crippen LogP contribution < -0.4 is 0 Å². The Morgan fingerprint density at radius 3 is 3.00 bits per heavy atom. The van der Waals surface area contributed by atoms with Crippen LogP contribution in [0.4, 0.5) is 4.39 Å². The molecule has 0 aliphatic heterocycles. The van der Waals surface area contributed by atoms with Crippen molar-refractivity contribution in [2.75, 3.05) is 0 Å². The Morgan fingerprint density at radius 1 is 1.70 bits per heavy atom. The van der Waals surface area contributed by atoms with Crippen LogP contribution in [0.15, 0.2) is 24.2 Å². The Labute approximate surface area is 64.1 Å². The average molecular weight is 142 g/mol. The summed E-state index contributed by atoms with van der Waals surface area (Å²) in [4.78, 5) is 11.0. The number of Topliss-reactive ketones (excluding diaryl/α,β-unsaturated/α-hetero) is 1. The summed E-state index contributed by atoms with van der Waals surface area (Å²) in [5, 5.41) is 0. The average Bonchev–Trinajstić information content (AvgIpc) is 2.11. The molecular formula is C8H7FO. The van der Waals surface area contributed by atoms with Crippen molar-refractivity contribution in [2.45, 2.75) is 6.92 Å². The lowest BCUT2D eigenvalue weighted by molar-refractivity contribution is 0.101. The highest BCUT2D eigenvalue weighted by Crippen LogP contribution is 2.03. The number of carbonyl (C=O) groups is 1. The molecule has 0 N–H and O–H groups in total. The molecule has 0 atom stereocenters. The minimum atomic E-state index is -1.23. The summed E-state index contributed by atoms with van der Waals surface area (Å²) < 4.78 is 41.8. The highest BCUT2D eigenvalue weighted by Gasteiger charge is 1.97. The van der Waals surface area contributed by atoms with Gasteiger partial charge in [0.2, 0.25) is 0 Å². The molecule has 0 heterocycles. The van der Waals surface area contributed by atoms with Crippen molar-refractivity contribution < 1.29 is 14.7 Å². The zero-order valence-electron chi connectivity index (χ0n) is 9.29. The molecule has 0 aliphatic rings. The second-order valence-corrected chi connectivity index (χ2v) is 1.75. The highest BCUT2D eigenvalue weighted by molar-refractivity contribution is 5.93. The van der Waals surface area contributed by atoms with E-state index >= 15 is 0 Å². The van der Waals surface area contributed by atoms with Crippen LogP contribution in [0.2, 0.25) is 0 Å². The van der Waals surface area contributed by atoms with E-state index in [-0.39, 0.29) is 0 Å². The fourth-order valence-corrected chi connectivity index (χ4v) is 0.497. The van der Waals surface area contributed by atoms with Gasteiger partial charge in [-0.25, -0.2) is 4.39 Å². The molecule has 0 aliphatic carbocycles. The monoisotopic (exact) mass is 142 g/mol. The van der Waals surface area contributed by atoms with Crippen molar-refractivity contribution in [3.8, 4) is 0 Å². The lowest BCUT2D eigenvalue weighted by atomic mass is 10.1. The number of rotatable bonds is 1. The molecular weight excluding hydrogens is 131 g/mol. The summed E-state index contributed by atoms with van der Waals surface area (Å²) >= 11 is 0. The van der Waals surface area contributed by atoms with Crippen LogP contribution in [0, 0.1) is 5.82 Å². The van der Waals surface area contributed by atoms with Crippen molar-refractivity contribution in [2.24, 2.45) is 0 Å². The largest absolute Gasteiger partial charge is 0.295 e. The fraction of sp³-hybridized carbons (Fsp3) is 0.125. The fourth-order valence-electron chi connectivity index (χ4n) is 0.497. The molecule has 0 saturated heterocycles. The summed E-state index contributed by atoms with van der Waals surface area (Å²) in [6, 6.07) is -2.81. The maximum absolute atomic E-state index is 13.1. The van der Waals surface area contributed by atoms with Crippen LogP contribution in [0.1, 0.15) is 22.8 Å². The molecule has 0 radical (unpaired) electrons. The van der Waals surface area contributed by atoms with E-state index in [1.54, 1.807) is 0 Å². The summed E-state index contributed by atoms with van der Waals surface area (Å²) in [5.74, 6) is -1.87. The highest BCUT2D eigenvalue weighted by atomic mass is 19.1. The van der Waals surface area contributed by atoms with Crippen LogP contribution >= 0.6 is 0 Å². The van der Waals surface area contributed by atoms with E-state index in [9.17, 15) is 9.18 Å². The lowest BCUT2D eigenvalue weighted by Gasteiger charge is -1.92. The smallest absolute Gasteiger partial charge is 0.159 e. The first kappa shape index (κ1) is 3.28. The van der Waals surface area contributed by atoms with Crippen LogP contribution in [0.5, 0.6) is 0 Å². The Hall–Kier alpha value is -1.18.